The maximum Gasteiger partial charge on any atom is 0.123 e. The van der Waals surface area contributed by atoms with Gasteiger partial charge in [-0.2, -0.15) is 0 Å². The molecule has 0 N–H and O–H groups in total. The Morgan fingerprint density at radius 2 is 1.33 bits per heavy atom. The minimum absolute atomic E-state index is 0.125. The van der Waals surface area contributed by atoms with Crippen LogP contribution in [0.25, 0.3) is 0 Å². The largest absolute Gasteiger partial charge is 0.488 e. The fraction of sp³-hybridized carbons (Fsp3) is 0.700. The van der Waals surface area contributed by atoms with Crippen molar-refractivity contribution in [2.45, 2.75) is 91.6 Å². The van der Waals surface area contributed by atoms with Crippen LogP contribution in [-0.2, 0) is 10.8 Å². The topological polar surface area (TPSA) is 9.23 Å². The number of benzene rings is 1. The Labute approximate surface area is 132 Å². The minimum atomic E-state index is -0.166. The quantitative estimate of drug-likeness (QED) is 0.623. The second-order valence-electron chi connectivity index (χ2n) is 8.40. The van der Waals surface area contributed by atoms with Gasteiger partial charge < -0.3 is 4.74 Å². The van der Waals surface area contributed by atoms with Crippen LogP contribution in [0.3, 0.4) is 0 Å². The smallest absolute Gasteiger partial charge is 0.123 e. The molecule has 120 valence electrons. The molecule has 0 saturated carbocycles. The minimum Gasteiger partial charge on any atom is -0.488 e. The highest BCUT2D eigenvalue weighted by Gasteiger charge is 2.28. The lowest BCUT2D eigenvalue weighted by atomic mass is 9.76. The van der Waals surface area contributed by atoms with Crippen molar-refractivity contribution >= 4 is 0 Å². The zero-order chi connectivity index (χ0) is 16.5. The van der Waals surface area contributed by atoms with E-state index in [0.717, 1.165) is 18.6 Å². The summed E-state index contributed by atoms with van der Waals surface area (Å²) in [7, 11) is 0. The molecule has 1 aromatic rings. The lowest BCUT2D eigenvalue weighted by molar-refractivity contribution is 0.127. The monoisotopic (exact) mass is 290 g/mol. The third-order valence-electron chi connectivity index (χ3n) is 4.67. The molecule has 1 rings (SSSR count). The molecule has 0 bridgehead atoms. The van der Waals surface area contributed by atoms with Crippen LogP contribution in [0.15, 0.2) is 18.2 Å². The van der Waals surface area contributed by atoms with Crippen molar-refractivity contribution < 1.29 is 4.74 Å². The van der Waals surface area contributed by atoms with Crippen LogP contribution in [0, 0.1) is 0 Å². The molecule has 0 amide bonds. The molecular formula is C20H34O. The average molecular weight is 290 g/mol. The Morgan fingerprint density at radius 1 is 0.810 bits per heavy atom. The Balaban J connectivity index is 3.41. The first-order valence-corrected chi connectivity index (χ1v) is 8.27. The van der Waals surface area contributed by atoms with Crippen LogP contribution in [0.2, 0.25) is 0 Å². The first-order valence-electron chi connectivity index (χ1n) is 8.27. The van der Waals surface area contributed by atoms with Crippen molar-refractivity contribution in [1.29, 1.82) is 0 Å². The van der Waals surface area contributed by atoms with Gasteiger partial charge in [-0.15, -0.1) is 0 Å². The maximum absolute atomic E-state index is 6.22. The van der Waals surface area contributed by atoms with Crippen molar-refractivity contribution in [1.82, 2.24) is 0 Å². The molecule has 1 nitrogen and oxygen atoms in total. The zero-order valence-electron chi connectivity index (χ0n) is 15.6. The van der Waals surface area contributed by atoms with Crippen molar-refractivity contribution in [2.75, 3.05) is 0 Å². The lowest BCUT2D eigenvalue weighted by Gasteiger charge is -2.32. The highest BCUT2D eigenvalue weighted by molar-refractivity contribution is 5.44. The van der Waals surface area contributed by atoms with Crippen LogP contribution >= 0.6 is 0 Å². The van der Waals surface area contributed by atoms with Crippen LogP contribution in [-0.4, -0.2) is 5.60 Å². The SMILES string of the molecule is CCC(C)(C)c1ccc(OC(C)(C)C)c(C(C)(C)CC)c1. The van der Waals surface area contributed by atoms with E-state index in [1.807, 2.05) is 0 Å². The van der Waals surface area contributed by atoms with Gasteiger partial charge in [0.2, 0.25) is 0 Å². The molecule has 0 spiro atoms. The number of hydrogen-bond acceptors (Lipinski definition) is 1. The molecule has 1 aromatic carbocycles. The summed E-state index contributed by atoms with van der Waals surface area (Å²) < 4.78 is 6.22. The van der Waals surface area contributed by atoms with Gasteiger partial charge in [-0.1, -0.05) is 53.7 Å². The molecule has 0 radical (unpaired) electrons. The molecule has 0 heterocycles. The summed E-state index contributed by atoms with van der Waals surface area (Å²) in [4.78, 5) is 0. The average Bonchev–Trinajstić information content (AvgIpc) is 2.37. The van der Waals surface area contributed by atoms with Crippen molar-refractivity contribution in [3.05, 3.63) is 29.3 Å². The van der Waals surface area contributed by atoms with Crippen LogP contribution in [0.5, 0.6) is 5.75 Å². The number of hydrogen-bond donors (Lipinski definition) is 0. The molecule has 21 heavy (non-hydrogen) atoms. The van der Waals surface area contributed by atoms with Gasteiger partial charge >= 0.3 is 0 Å². The molecule has 0 aromatic heterocycles. The zero-order valence-corrected chi connectivity index (χ0v) is 15.6. The van der Waals surface area contributed by atoms with E-state index >= 15 is 0 Å². The summed E-state index contributed by atoms with van der Waals surface area (Å²) in [5, 5.41) is 0. The number of rotatable bonds is 5. The summed E-state index contributed by atoms with van der Waals surface area (Å²) >= 11 is 0. The molecule has 1 heteroatoms. The summed E-state index contributed by atoms with van der Waals surface area (Å²) in [5.41, 5.74) is 2.90. The Morgan fingerprint density at radius 3 is 1.76 bits per heavy atom. The van der Waals surface area contributed by atoms with E-state index in [4.69, 9.17) is 4.74 Å². The van der Waals surface area contributed by atoms with Gasteiger partial charge in [0.1, 0.15) is 11.4 Å². The van der Waals surface area contributed by atoms with Crippen LogP contribution in [0.4, 0.5) is 0 Å². The van der Waals surface area contributed by atoms with Gasteiger partial charge in [-0.3, -0.25) is 0 Å². The molecule has 0 saturated heterocycles. The van der Waals surface area contributed by atoms with E-state index in [1.54, 1.807) is 0 Å². The molecule has 0 unspecified atom stereocenters. The Bertz CT molecular complexity index is 475. The summed E-state index contributed by atoms with van der Waals surface area (Å²) in [6.45, 7) is 20.1. The van der Waals surface area contributed by atoms with Gasteiger partial charge in [0.15, 0.2) is 0 Å². The van der Waals surface area contributed by atoms with Crippen LogP contribution in [0.1, 0.15) is 86.3 Å². The van der Waals surface area contributed by atoms with E-state index < -0.39 is 0 Å². The molecule has 0 aliphatic heterocycles. The Hall–Kier alpha value is -0.980. The van der Waals surface area contributed by atoms with Crippen molar-refractivity contribution in [3.8, 4) is 5.75 Å². The summed E-state index contributed by atoms with van der Waals surface area (Å²) in [5.74, 6) is 1.03. The third-order valence-corrected chi connectivity index (χ3v) is 4.67. The van der Waals surface area contributed by atoms with Crippen LogP contribution < -0.4 is 4.74 Å². The number of ether oxygens (including phenoxy) is 1. The van der Waals surface area contributed by atoms with Gasteiger partial charge in [0.25, 0.3) is 0 Å². The van der Waals surface area contributed by atoms with Gasteiger partial charge in [-0.25, -0.2) is 0 Å². The highest BCUT2D eigenvalue weighted by atomic mass is 16.5. The molecule has 0 aliphatic rings. The Kier molecular flexibility index (Phi) is 5.18. The maximum atomic E-state index is 6.22. The van der Waals surface area contributed by atoms with Gasteiger partial charge in [-0.05, 0) is 56.1 Å². The van der Waals surface area contributed by atoms with E-state index in [1.165, 1.54) is 11.1 Å². The third kappa shape index (κ3) is 4.49. The van der Waals surface area contributed by atoms with Gasteiger partial charge in [0.05, 0.1) is 0 Å². The second-order valence-corrected chi connectivity index (χ2v) is 8.40. The van der Waals surface area contributed by atoms with E-state index in [0.29, 0.717) is 0 Å². The lowest BCUT2D eigenvalue weighted by Crippen LogP contribution is -2.27. The standard InChI is InChI=1S/C20H34O/c1-10-19(6,7)15-12-13-17(21-18(3,4)5)16(14-15)20(8,9)11-2/h12-14H,10-11H2,1-9H3. The summed E-state index contributed by atoms with van der Waals surface area (Å²) in [6.07, 6.45) is 2.24. The second kappa shape index (κ2) is 6.02. The highest BCUT2D eigenvalue weighted by Crippen LogP contribution is 2.39. The molecule has 0 atom stereocenters. The fourth-order valence-corrected chi connectivity index (χ4v) is 2.29. The van der Waals surface area contributed by atoms with E-state index in [2.05, 4.69) is 80.5 Å². The molecule has 0 fully saturated rings. The molecule has 0 aliphatic carbocycles. The predicted octanol–water partition coefficient (Wildman–Crippen LogP) is 6.24. The first-order chi connectivity index (χ1) is 9.43. The van der Waals surface area contributed by atoms with Gasteiger partial charge in [0, 0.05) is 5.56 Å². The van der Waals surface area contributed by atoms with Crippen molar-refractivity contribution in [3.63, 3.8) is 0 Å². The normalized spacial score (nSPS) is 13.4. The fourth-order valence-electron chi connectivity index (χ4n) is 2.29. The van der Waals surface area contributed by atoms with Crippen molar-refractivity contribution in [2.24, 2.45) is 0 Å². The van der Waals surface area contributed by atoms with E-state index in [-0.39, 0.29) is 16.4 Å². The predicted molar refractivity (Wildman–Crippen MR) is 93.5 cm³/mol. The first kappa shape index (κ1) is 18.1. The summed E-state index contributed by atoms with van der Waals surface area (Å²) in [6, 6.07) is 6.78. The van der Waals surface area contributed by atoms with E-state index in [9.17, 15) is 0 Å². The molecular weight excluding hydrogens is 256 g/mol.